The minimum absolute atomic E-state index is 0.0961. The van der Waals surface area contributed by atoms with E-state index in [0.717, 1.165) is 24.6 Å². The lowest BCUT2D eigenvalue weighted by Gasteiger charge is -2.03. The van der Waals surface area contributed by atoms with E-state index in [2.05, 4.69) is 4.98 Å². The maximum atomic E-state index is 11.5. The van der Waals surface area contributed by atoms with Gasteiger partial charge >= 0.3 is 0 Å². The van der Waals surface area contributed by atoms with Crippen molar-refractivity contribution in [3.05, 3.63) is 28.4 Å². The van der Waals surface area contributed by atoms with Crippen LogP contribution < -0.4 is 5.56 Å². The molecule has 0 aromatic carbocycles. The van der Waals surface area contributed by atoms with Crippen LogP contribution in [0.1, 0.15) is 25.5 Å². The third kappa shape index (κ3) is 1.97. The lowest BCUT2D eigenvalue weighted by molar-refractivity contribution is 0.592. The molecule has 0 bridgehead atoms. The van der Waals surface area contributed by atoms with E-state index in [9.17, 15) is 4.79 Å². The van der Waals surface area contributed by atoms with E-state index in [-0.39, 0.29) is 5.56 Å². The summed E-state index contributed by atoms with van der Waals surface area (Å²) in [5.41, 5.74) is 0.982. The lowest BCUT2D eigenvalue weighted by atomic mass is 10.3. The number of aromatic nitrogens is 2. The van der Waals surface area contributed by atoms with Crippen molar-refractivity contribution in [3.63, 3.8) is 0 Å². The van der Waals surface area contributed by atoms with Gasteiger partial charge in [-0.05, 0) is 25.2 Å². The summed E-state index contributed by atoms with van der Waals surface area (Å²) in [4.78, 5) is 15.7. The summed E-state index contributed by atoms with van der Waals surface area (Å²) >= 11 is 0. The van der Waals surface area contributed by atoms with Gasteiger partial charge in [0, 0.05) is 18.3 Å². The van der Waals surface area contributed by atoms with Crippen LogP contribution in [-0.2, 0) is 13.0 Å². The Kier molecular flexibility index (Phi) is 2.17. The molecule has 3 heteroatoms. The highest BCUT2D eigenvalue weighted by atomic mass is 16.1. The van der Waals surface area contributed by atoms with Crippen LogP contribution in [0.2, 0.25) is 0 Å². The van der Waals surface area contributed by atoms with E-state index < -0.39 is 0 Å². The second kappa shape index (κ2) is 3.32. The Morgan fingerprint density at radius 2 is 2.38 bits per heavy atom. The van der Waals surface area contributed by atoms with Crippen LogP contribution >= 0.6 is 0 Å². The smallest absolute Gasteiger partial charge is 0.253 e. The van der Waals surface area contributed by atoms with Gasteiger partial charge in [0.1, 0.15) is 0 Å². The van der Waals surface area contributed by atoms with Gasteiger partial charge in [-0.2, -0.15) is 0 Å². The molecule has 0 saturated heterocycles. The average Bonchev–Trinajstić information content (AvgIpc) is 2.92. The van der Waals surface area contributed by atoms with Crippen LogP contribution in [0.3, 0.4) is 0 Å². The van der Waals surface area contributed by atoms with Crippen molar-refractivity contribution in [1.82, 2.24) is 9.55 Å². The summed E-state index contributed by atoms with van der Waals surface area (Å²) in [5.74, 6) is 0.729. The summed E-state index contributed by atoms with van der Waals surface area (Å²) in [5, 5.41) is 0. The first-order valence-corrected chi connectivity index (χ1v) is 4.85. The summed E-state index contributed by atoms with van der Waals surface area (Å²) in [6.07, 6.45) is 5.04. The minimum Gasteiger partial charge on any atom is -0.299 e. The second-order valence-corrected chi connectivity index (χ2v) is 3.67. The van der Waals surface area contributed by atoms with E-state index in [1.54, 1.807) is 17.0 Å². The topological polar surface area (TPSA) is 34.9 Å². The predicted molar refractivity (Wildman–Crippen MR) is 50.6 cm³/mol. The van der Waals surface area contributed by atoms with Gasteiger partial charge in [-0.15, -0.1) is 0 Å². The predicted octanol–water partition coefficient (Wildman–Crippen LogP) is 1.22. The molecular formula is C10H14N2O. The van der Waals surface area contributed by atoms with E-state index >= 15 is 0 Å². The fourth-order valence-electron chi connectivity index (χ4n) is 1.37. The molecule has 0 aliphatic heterocycles. The first-order chi connectivity index (χ1) is 6.29. The third-order valence-corrected chi connectivity index (χ3v) is 2.45. The van der Waals surface area contributed by atoms with Crippen LogP contribution in [0.25, 0.3) is 0 Å². The van der Waals surface area contributed by atoms with Crippen LogP contribution in [-0.4, -0.2) is 9.55 Å². The molecule has 0 N–H and O–H groups in total. The quantitative estimate of drug-likeness (QED) is 0.697. The highest BCUT2D eigenvalue weighted by Crippen LogP contribution is 2.29. The number of hydrogen-bond acceptors (Lipinski definition) is 2. The molecule has 70 valence electrons. The zero-order valence-electron chi connectivity index (χ0n) is 7.86. The van der Waals surface area contributed by atoms with Crippen molar-refractivity contribution >= 4 is 0 Å². The largest absolute Gasteiger partial charge is 0.299 e. The Labute approximate surface area is 77.4 Å². The van der Waals surface area contributed by atoms with E-state index in [1.165, 1.54) is 12.8 Å². The van der Waals surface area contributed by atoms with Gasteiger partial charge < -0.3 is 0 Å². The van der Waals surface area contributed by atoms with Crippen molar-refractivity contribution in [1.29, 1.82) is 0 Å². The molecule has 1 saturated carbocycles. The minimum atomic E-state index is 0.0961. The van der Waals surface area contributed by atoms with Gasteiger partial charge in [-0.1, -0.05) is 6.92 Å². The average molecular weight is 178 g/mol. The molecule has 13 heavy (non-hydrogen) atoms. The van der Waals surface area contributed by atoms with Gasteiger partial charge in [-0.3, -0.25) is 9.36 Å². The number of rotatable bonds is 3. The van der Waals surface area contributed by atoms with E-state index in [0.29, 0.717) is 0 Å². The van der Waals surface area contributed by atoms with Gasteiger partial charge in [0.25, 0.3) is 5.56 Å². The monoisotopic (exact) mass is 178 g/mol. The number of hydrogen-bond donors (Lipinski definition) is 0. The summed E-state index contributed by atoms with van der Waals surface area (Å²) in [6.45, 7) is 2.86. The highest BCUT2D eigenvalue weighted by Gasteiger charge is 2.21. The van der Waals surface area contributed by atoms with Gasteiger partial charge in [-0.25, -0.2) is 4.98 Å². The van der Waals surface area contributed by atoms with E-state index in [1.807, 2.05) is 6.92 Å². The molecule has 0 unspecified atom stereocenters. The zero-order valence-corrected chi connectivity index (χ0v) is 7.86. The van der Waals surface area contributed by atoms with Crippen molar-refractivity contribution in [3.8, 4) is 0 Å². The molecule has 3 nitrogen and oxygen atoms in total. The normalized spacial score (nSPS) is 16.1. The summed E-state index contributed by atoms with van der Waals surface area (Å²) in [7, 11) is 0. The SMILES string of the molecule is CCc1cc(=O)n(CC2CC2)cn1. The zero-order chi connectivity index (χ0) is 9.26. The Morgan fingerprint density at radius 1 is 1.62 bits per heavy atom. The fourth-order valence-corrected chi connectivity index (χ4v) is 1.37. The van der Waals surface area contributed by atoms with Crippen LogP contribution in [0.15, 0.2) is 17.2 Å². The molecule has 1 heterocycles. The molecule has 0 amide bonds. The summed E-state index contributed by atoms with van der Waals surface area (Å²) < 4.78 is 1.72. The molecule has 1 fully saturated rings. The molecule has 1 aliphatic rings. The highest BCUT2D eigenvalue weighted by molar-refractivity contribution is 4.99. The number of aryl methyl sites for hydroxylation is 1. The van der Waals surface area contributed by atoms with E-state index in [4.69, 9.17) is 0 Å². The van der Waals surface area contributed by atoms with Gasteiger partial charge in [0.05, 0.1) is 6.33 Å². The first kappa shape index (κ1) is 8.48. The van der Waals surface area contributed by atoms with Crippen LogP contribution in [0.4, 0.5) is 0 Å². The molecule has 2 rings (SSSR count). The summed E-state index contributed by atoms with van der Waals surface area (Å²) in [6, 6.07) is 1.64. The first-order valence-electron chi connectivity index (χ1n) is 4.85. The van der Waals surface area contributed by atoms with Crippen LogP contribution in [0.5, 0.6) is 0 Å². The molecule has 0 atom stereocenters. The standard InChI is InChI=1S/C10H14N2O/c1-2-9-5-10(13)12(7-11-9)6-8-3-4-8/h5,7-8H,2-4,6H2,1H3. The molecular weight excluding hydrogens is 164 g/mol. The molecule has 0 radical (unpaired) electrons. The maximum Gasteiger partial charge on any atom is 0.253 e. The Hall–Kier alpha value is -1.12. The van der Waals surface area contributed by atoms with Crippen molar-refractivity contribution in [2.24, 2.45) is 5.92 Å². The lowest BCUT2D eigenvalue weighted by Crippen LogP contribution is -2.21. The van der Waals surface area contributed by atoms with Gasteiger partial charge in [0.15, 0.2) is 0 Å². The fraction of sp³-hybridized carbons (Fsp3) is 0.600. The second-order valence-electron chi connectivity index (χ2n) is 3.67. The Balaban J connectivity index is 2.20. The molecule has 1 aromatic heterocycles. The van der Waals surface area contributed by atoms with Gasteiger partial charge in [0.2, 0.25) is 0 Å². The molecule has 0 spiro atoms. The van der Waals surface area contributed by atoms with Crippen molar-refractivity contribution in [2.75, 3.05) is 0 Å². The Bertz CT molecular complexity index is 352. The Morgan fingerprint density at radius 3 is 2.92 bits per heavy atom. The molecule has 1 aromatic rings. The van der Waals surface area contributed by atoms with Crippen molar-refractivity contribution in [2.45, 2.75) is 32.7 Å². The van der Waals surface area contributed by atoms with Crippen LogP contribution in [0, 0.1) is 5.92 Å². The maximum absolute atomic E-state index is 11.5. The van der Waals surface area contributed by atoms with Crippen molar-refractivity contribution < 1.29 is 0 Å². The molecule has 1 aliphatic carbocycles. The third-order valence-electron chi connectivity index (χ3n) is 2.45. The number of nitrogens with zero attached hydrogens (tertiary/aromatic N) is 2.